The van der Waals surface area contributed by atoms with E-state index >= 15 is 0 Å². The molecule has 4 fully saturated rings. The van der Waals surface area contributed by atoms with E-state index in [1.807, 2.05) is 30.9 Å². The van der Waals surface area contributed by atoms with Gasteiger partial charge in [0.25, 0.3) is 17.7 Å². The van der Waals surface area contributed by atoms with Crippen LogP contribution in [0, 0.1) is 0 Å². The molecule has 9 aromatic rings. The summed E-state index contributed by atoms with van der Waals surface area (Å²) in [6.45, 7) is 17.7. The Hall–Kier alpha value is -9.70. The molecular formula is C74H90Cl3N19O12S. The van der Waals surface area contributed by atoms with Crippen molar-refractivity contribution in [2.45, 2.75) is 77.8 Å². The Labute approximate surface area is 645 Å². The molecule has 13 heterocycles. The molecule has 35 heteroatoms. The van der Waals surface area contributed by atoms with Gasteiger partial charge in [0.15, 0.2) is 34.5 Å². The van der Waals surface area contributed by atoms with E-state index in [0.717, 1.165) is 56.1 Å². The van der Waals surface area contributed by atoms with Crippen LogP contribution >= 0.6 is 34.8 Å². The van der Waals surface area contributed by atoms with E-state index in [-0.39, 0.29) is 29.7 Å². The number of hydrogen-bond acceptors (Lipinski definition) is 25. The number of piperidine rings is 2. The zero-order chi connectivity index (χ0) is 75.7. The molecule has 31 nitrogen and oxygen atoms in total. The minimum Gasteiger partial charge on any atom is -0.485 e. The average molecular weight is 1580 g/mol. The first-order chi connectivity index (χ1) is 52.9. The Morgan fingerprint density at radius 1 is 0.505 bits per heavy atom. The predicted octanol–water partition coefficient (Wildman–Crippen LogP) is 11.2. The summed E-state index contributed by atoms with van der Waals surface area (Å²) in [5.74, 6) is 9.30. The maximum Gasteiger partial charge on any atom is 0.257 e. The number of anilines is 9. The fraction of sp³-hybridized carbons (Fsp3) is 0.459. The van der Waals surface area contributed by atoms with Gasteiger partial charge in [-0.3, -0.25) is 18.6 Å². The number of unbranched alkanes of at least 4 members (excludes halogenated alkanes) is 1. The second kappa shape index (κ2) is 34.5. The molecule has 3 aromatic carbocycles. The van der Waals surface area contributed by atoms with Gasteiger partial charge in [-0.05, 0) is 111 Å². The summed E-state index contributed by atoms with van der Waals surface area (Å²) in [4.78, 5) is 84.9. The molecular weight excluding hydrogens is 1490 g/mol. The van der Waals surface area contributed by atoms with Crippen LogP contribution in [-0.4, -0.2) is 248 Å². The molecule has 109 heavy (non-hydrogen) atoms. The fourth-order valence-corrected chi connectivity index (χ4v) is 15.1. The van der Waals surface area contributed by atoms with Gasteiger partial charge in [-0.15, -0.1) is 0 Å². The number of aromatic nitrogens is 9. The zero-order valence-corrected chi connectivity index (χ0v) is 64.4. The smallest absolute Gasteiger partial charge is 0.257 e. The van der Waals surface area contributed by atoms with E-state index in [9.17, 15) is 18.6 Å². The lowest BCUT2D eigenvalue weighted by Crippen LogP contribution is -2.48. The molecule has 0 spiro atoms. The summed E-state index contributed by atoms with van der Waals surface area (Å²) in [7, 11) is -2.16. The Morgan fingerprint density at radius 3 is 1.26 bits per heavy atom. The number of morpholine rings is 2. The summed E-state index contributed by atoms with van der Waals surface area (Å²) >= 11 is 19.1. The zero-order valence-electron chi connectivity index (χ0n) is 61.3. The number of nitrogens with one attached hydrogen (secondary N) is 9. The first-order valence-electron chi connectivity index (χ1n) is 37.0. The number of carbonyl (C=O) groups excluding carboxylic acids is 3. The van der Waals surface area contributed by atoms with E-state index < -0.39 is 9.52 Å². The first kappa shape index (κ1) is 76.1. The topological polar surface area (TPSA) is 352 Å². The van der Waals surface area contributed by atoms with Gasteiger partial charge in [0.05, 0.1) is 91.4 Å². The quantitative estimate of drug-likeness (QED) is 0.0253. The van der Waals surface area contributed by atoms with Crippen molar-refractivity contribution in [3.8, 4) is 34.5 Å². The Balaban J connectivity index is 0.000000137. The van der Waals surface area contributed by atoms with Crippen molar-refractivity contribution in [2.24, 2.45) is 0 Å². The van der Waals surface area contributed by atoms with E-state index in [0.29, 0.717) is 246 Å². The number of halogens is 3. The number of likely N-dealkylation sites (tertiary alicyclic amines) is 2. The summed E-state index contributed by atoms with van der Waals surface area (Å²) in [5, 5.41) is 23.3. The molecule has 0 radical (unpaired) electrons. The van der Waals surface area contributed by atoms with Crippen molar-refractivity contribution in [1.29, 1.82) is 0 Å². The SMILES string of the molecule is C=S(C)(=O)CCNc1nc(Nc2ccc(C(=O)N3CCOCC3)c3c2OCCO3)nc2[nH]cc(Cl)c12.CC(C)Nc1nc(Nc2ccc(C(=O)N3CCC(N4CCCCC4)CC3)c3c2OCCO3)nc2[nH]cc(Cl)c12.CCCCNc1nc(Nc2ccc(C(=O)N3CCOCC3)c3c2OCCO3)nc2[nH]cc(Cl)c12. The first-order valence-corrected chi connectivity index (χ1v) is 40.4. The van der Waals surface area contributed by atoms with Crippen LogP contribution in [0.1, 0.15) is 96.8 Å². The van der Waals surface area contributed by atoms with Crippen molar-refractivity contribution in [2.75, 3.05) is 175 Å². The summed E-state index contributed by atoms with van der Waals surface area (Å²) in [6, 6.07) is 11.4. The number of ether oxygens (including phenoxy) is 8. The second-order valence-corrected chi connectivity index (χ2v) is 31.5. The van der Waals surface area contributed by atoms with Gasteiger partial charge >= 0.3 is 0 Å². The maximum atomic E-state index is 13.6. The molecule has 9 N–H and O–H groups in total. The number of H-pyrrole nitrogens is 3. The van der Waals surface area contributed by atoms with Gasteiger partial charge in [-0.1, -0.05) is 54.6 Å². The molecule has 0 saturated carbocycles. The van der Waals surface area contributed by atoms with Gasteiger partial charge in [-0.2, -0.15) is 29.9 Å². The highest BCUT2D eigenvalue weighted by Crippen LogP contribution is 2.46. The maximum absolute atomic E-state index is 13.6. The van der Waals surface area contributed by atoms with Crippen LogP contribution in [-0.2, 0) is 19.0 Å². The molecule has 1 unspecified atom stereocenters. The third-order valence-electron chi connectivity index (χ3n) is 19.3. The molecule has 6 aromatic heterocycles. The Morgan fingerprint density at radius 2 is 0.872 bits per heavy atom. The second-order valence-electron chi connectivity index (χ2n) is 27.5. The molecule has 0 aliphatic carbocycles. The van der Waals surface area contributed by atoms with Gasteiger partial charge < -0.3 is 104 Å². The highest BCUT2D eigenvalue weighted by Gasteiger charge is 2.35. The molecule has 7 aliphatic heterocycles. The van der Waals surface area contributed by atoms with E-state index in [1.165, 1.54) is 32.4 Å². The fourth-order valence-electron chi connectivity index (χ4n) is 13.9. The lowest BCUT2D eigenvalue weighted by molar-refractivity contribution is 0.0296. The van der Waals surface area contributed by atoms with Crippen LogP contribution < -0.4 is 60.3 Å². The molecule has 0 bridgehead atoms. The Kier molecular flexibility index (Phi) is 24.1. The van der Waals surface area contributed by atoms with Crippen LogP contribution in [0.5, 0.6) is 34.5 Å². The summed E-state index contributed by atoms with van der Waals surface area (Å²) in [6.07, 6.45) is 14.6. The standard InChI is InChI=1S/C28H36ClN7O3.C23H27ClN6O5S.C23H27ClN6O4/c1-17(2)31-26-22-20(29)16-30-25(22)33-28(34-26)32-21-7-6-19(23-24(21)39-15-14-38-23)27(37)36-12-8-18(9-13-36)35-10-4-3-5-11-35;1-36(2,32)12-5-25-20-17-15(24)13-26-21(17)29-23(28-20)27-16-4-3-14(18-19(16)35-11-10-34-18)22(31)30-6-8-33-9-7-30;1-2-3-6-25-20-17-15(24)13-26-21(17)29-23(28-20)27-16-5-4-14(18-19(16)34-12-11-33-18)22(31)30-7-9-32-10-8-30/h6-7,16-18H,3-5,8-15H2,1-2H3,(H3,30,31,32,33,34);3-4,13H,1,5-12H2,2H3,(H3,25,26,27,28,29);4-5,13H,2-3,6-12H2,1H3,(H3,25,26,27,28,29). The minimum atomic E-state index is -2.16. The minimum absolute atomic E-state index is 0.0116. The van der Waals surface area contributed by atoms with E-state index in [4.69, 9.17) is 72.7 Å². The third kappa shape index (κ3) is 17.6. The molecule has 1 atom stereocenters. The van der Waals surface area contributed by atoms with Crippen molar-refractivity contribution >= 4 is 153 Å². The number of aromatic amines is 3. The number of amides is 3. The van der Waals surface area contributed by atoms with Crippen molar-refractivity contribution in [1.82, 2.24) is 64.5 Å². The third-order valence-corrected chi connectivity index (χ3v) is 21.2. The Bertz CT molecular complexity index is 4900. The summed E-state index contributed by atoms with van der Waals surface area (Å²) < 4.78 is 58.3. The molecule has 3 amide bonds. The monoisotopic (exact) mass is 1570 g/mol. The van der Waals surface area contributed by atoms with Crippen LogP contribution in [0.25, 0.3) is 33.1 Å². The number of hydrogen-bond donors (Lipinski definition) is 9. The lowest BCUT2D eigenvalue weighted by atomic mass is 9.99. The molecule has 4 saturated heterocycles. The number of carbonyl (C=O) groups is 3. The van der Waals surface area contributed by atoms with Crippen molar-refractivity contribution in [3.63, 3.8) is 0 Å². The van der Waals surface area contributed by atoms with Crippen LogP contribution in [0.15, 0.2) is 55.0 Å². The lowest BCUT2D eigenvalue weighted by Gasteiger charge is -2.40. The molecule has 7 aliphatic rings. The van der Waals surface area contributed by atoms with Gasteiger partial charge in [-0.25, -0.2) is 0 Å². The van der Waals surface area contributed by atoms with Gasteiger partial charge in [0.2, 0.25) is 17.8 Å². The molecule has 580 valence electrons. The summed E-state index contributed by atoms with van der Waals surface area (Å²) in [5.41, 5.74) is 5.00. The van der Waals surface area contributed by atoms with E-state index in [1.54, 1.807) is 58.9 Å². The number of benzene rings is 3. The highest BCUT2D eigenvalue weighted by molar-refractivity contribution is 7.99. The van der Waals surface area contributed by atoms with Crippen LogP contribution in [0.3, 0.4) is 0 Å². The van der Waals surface area contributed by atoms with Gasteiger partial charge in [0.1, 0.15) is 74.0 Å². The number of nitrogens with zero attached hydrogens (tertiary/aromatic N) is 10. The largest absolute Gasteiger partial charge is 0.485 e. The van der Waals surface area contributed by atoms with Crippen molar-refractivity contribution in [3.05, 3.63) is 86.7 Å². The van der Waals surface area contributed by atoms with Gasteiger partial charge in [0, 0.05) is 95.0 Å². The number of fused-ring (bicyclic) bond motifs is 6. The highest BCUT2D eigenvalue weighted by atomic mass is 35.5. The van der Waals surface area contributed by atoms with Crippen molar-refractivity contribution < 1.29 is 56.5 Å². The van der Waals surface area contributed by atoms with E-state index in [2.05, 4.69) is 94.5 Å². The average Bonchev–Trinajstić information content (AvgIpc) is 1.66. The molecule has 16 rings (SSSR count). The predicted molar refractivity (Wildman–Crippen MR) is 423 cm³/mol. The normalized spacial score (nSPS) is 17.0. The van der Waals surface area contributed by atoms with Crippen LogP contribution in [0.4, 0.5) is 52.4 Å². The number of rotatable bonds is 20. The van der Waals surface area contributed by atoms with Crippen LogP contribution in [0.2, 0.25) is 15.1 Å².